The number of benzene rings is 1. The molecule has 1 fully saturated rings. The Morgan fingerprint density at radius 1 is 1.46 bits per heavy atom. The maximum absolute atomic E-state index is 6.09. The lowest BCUT2D eigenvalue weighted by Gasteiger charge is -2.05. The fourth-order valence-electron chi connectivity index (χ4n) is 1.93. The van der Waals surface area contributed by atoms with E-state index in [4.69, 9.17) is 17.3 Å². The van der Waals surface area contributed by atoms with Crippen LogP contribution in [0.3, 0.4) is 0 Å². The molecule has 70 valence electrons. The van der Waals surface area contributed by atoms with Crippen LogP contribution in [0.5, 0.6) is 0 Å². The predicted octanol–water partition coefficient (Wildman–Crippen LogP) is 2.79. The minimum absolute atomic E-state index is 0.293. The van der Waals surface area contributed by atoms with E-state index in [1.807, 2.05) is 18.2 Å². The molecule has 1 aliphatic carbocycles. The van der Waals surface area contributed by atoms with Crippen LogP contribution in [0.15, 0.2) is 24.3 Å². The number of halogens is 1. The quantitative estimate of drug-likeness (QED) is 0.772. The molecule has 0 bridgehead atoms. The average molecular weight is 196 g/mol. The maximum Gasteiger partial charge on any atom is 0.0440 e. The van der Waals surface area contributed by atoms with E-state index in [0.29, 0.717) is 17.9 Å². The van der Waals surface area contributed by atoms with Crippen LogP contribution in [0.25, 0.3) is 0 Å². The van der Waals surface area contributed by atoms with Crippen LogP contribution in [0, 0.1) is 5.92 Å². The third-order valence-electron chi connectivity index (χ3n) is 2.82. The van der Waals surface area contributed by atoms with Crippen LogP contribution in [-0.4, -0.2) is 6.04 Å². The second kappa shape index (κ2) is 3.32. The van der Waals surface area contributed by atoms with Crippen molar-refractivity contribution in [3.63, 3.8) is 0 Å². The fraction of sp³-hybridized carbons (Fsp3) is 0.455. The van der Waals surface area contributed by atoms with E-state index in [-0.39, 0.29) is 0 Å². The van der Waals surface area contributed by atoms with Crippen molar-refractivity contribution in [3.05, 3.63) is 34.9 Å². The van der Waals surface area contributed by atoms with Crippen LogP contribution in [-0.2, 0) is 0 Å². The number of nitrogens with two attached hydrogens (primary N) is 1. The van der Waals surface area contributed by atoms with Crippen LogP contribution < -0.4 is 5.73 Å². The Balaban J connectivity index is 2.16. The molecule has 13 heavy (non-hydrogen) atoms. The summed E-state index contributed by atoms with van der Waals surface area (Å²) in [6.07, 6.45) is 1.20. The van der Waals surface area contributed by atoms with Gasteiger partial charge < -0.3 is 5.73 Å². The van der Waals surface area contributed by atoms with Gasteiger partial charge >= 0.3 is 0 Å². The molecular formula is C11H14ClN. The van der Waals surface area contributed by atoms with E-state index in [2.05, 4.69) is 13.0 Å². The summed E-state index contributed by atoms with van der Waals surface area (Å²) in [5.41, 5.74) is 7.10. The molecule has 2 rings (SSSR count). The molecule has 0 amide bonds. The molecular weight excluding hydrogens is 182 g/mol. The zero-order valence-corrected chi connectivity index (χ0v) is 8.46. The van der Waals surface area contributed by atoms with Gasteiger partial charge in [0.25, 0.3) is 0 Å². The lowest BCUT2D eigenvalue weighted by atomic mass is 10.1. The molecule has 0 saturated heterocycles. The van der Waals surface area contributed by atoms with Gasteiger partial charge in [-0.2, -0.15) is 0 Å². The zero-order valence-electron chi connectivity index (χ0n) is 7.70. The SMILES string of the molecule is C[C@@H](N)[C@H]1C[C@@H]1c1ccccc1Cl. The number of hydrogen-bond acceptors (Lipinski definition) is 1. The molecule has 1 saturated carbocycles. The highest BCUT2D eigenvalue weighted by molar-refractivity contribution is 6.31. The van der Waals surface area contributed by atoms with Crippen molar-refractivity contribution >= 4 is 11.6 Å². The summed E-state index contributed by atoms with van der Waals surface area (Å²) >= 11 is 6.09. The van der Waals surface area contributed by atoms with Crippen LogP contribution >= 0.6 is 11.6 Å². The minimum atomic E-state index is 0.293. The molecule has 0 aromatic heterocycles. The second-order valence-electron chi connectivity index (χ2n) is 3.89. The third kappa shape index (κ3) is 1.72. The molecule has 3 atom stereocenters. The van der Waals surface area contributed by atoms with Gasteiger partial charge in [-0.15, -0.1) is 0 Å². The van der Waals surface area contributed by atoms with Crippen molar-refractivity contribution in [1.82, 2.24) is 0 Å². The van der Waals surface area contributed by atoms with Crippen molar-refractivity contribution < 1.29 is 0 Å². The second-order valence-corrected chi connectivity index (χ2v) is 4.29. The van der Waals surface area contributed by atoms with Crippen molar-refractivity contribution in [2.45, 2.75) is 25.3 Å². The van der Waals surface area contributed by atoms with Gasteiger partial charge in [0.05, 0.1) is 0 Å². The molecule has 0 heterocycles. The van der Waals surface area contributed by atoms with E-state index in [9.17, 15) is 0 Å². The third-order valence-corrected chi connectivity index (χ3v) is 3.16. The molecule has 0 radical (unpaired) electrons. The normalized spacial score (nSPS) is 28.5. The minimum Gasteiger partial charge on any atom is -0.328 e. The summed E-state index contributed by atoms with van der Waals surface area (Å²) in [5.74, 6) is 1.24. The first-order valence-electron chi connectivity index (χ1n) is 4.70. The van der Waals surface area contributed by atoms with Crippen molar-refractivity contribution in [3.8, 4) is 0 Å². The van der Waals surface area contributed by atoms with Gasteiger partial charge in [-0.25, -0.2) is 0 Å². The van der Waals surface area contributed by atoms with Crippen molar-refractivity contribution in [2.75, 3.05) is 0 Å². The molecule has 0 spiro atoms. The summed E-state index contributed by atoms with van der Waals surface area (Å²) in [4.78, 5) is 0. The fourth-order valence-corrected chi connectivity index (χ4v) is 2.21. The Labute approximate surface area is 83.9 Å². The summed E-state index contributed by atoms with van der Waals surface area (Å²) in [6.45, 7) is 2.07. The van der Waals surface area contributed by atoms with E-state index in [1.165, 1.54) is 12.0 Å². The highest BCUT2D eigenvalue weighted by atomic mass is 35.5. The molecule has 1 aliphatic rings. The Morgan fingerprint density at radius 3 is 2.69 bits per heavy atom. The maximum atomic E-state index is 6.09. The van der Waals surface area contributed by atoms with E-state index in [1.54, 1.807) is 0 Å². The molecule has 1 nitrogen and oxygen atoms in total. The van der Waals surface area contributed by atoms with Gasteiger partial charge in [0.1, 0.15) is 0 Å². The molecule has 1 aromatic carbocycles. The van der Waals surface area contributed by atoms with E-state index in [0.717, 1.165) is 5.02 Å². The molecule has 0 unspecified atom stereocenters. The first-order valence-corrected chi connectivity index (χ1v) is 5.08. The Bertz CT molecular complexity index is 309. The monoisotopic (exact) mass is 195 g/mol. The summed E-state index contributed by atoms with van der Waals surface area (Å²) < 4.78 is 0. The average Bonchev–Trinajstić information content (AvgIpc) is 2.84. The summed E-state index contributed by atoms with van der Waals surface area (Å²) in [7, 11) is 0. The number of rotatable bonds is 2. The Kier molecular flexibility index (Phi) is 2.31. The molecule has 0 aliphatic heterocycles. The van der Waals surface area contributed by atoms with Gasteiger partial charge in [-0.1, -0.05) is 29.8 Å². The molecule has 1 aromatic rings. The predicted molar refractivity (Wildman–Crippen MR) is 55.9 cm³/mol. The molecule has 2 heteroatoms. The summed E-state index contributed by atoms with van der Waals surface area (Å²) in [6, 6.07) is 8.36. The standard InChI is InChI=1S/C11H14ClN/c1-7(13)9-6-10(9)8-4-2-3-5-11(8)12/h2-5,7,9-10H,6,13H2,1H3/t7-,9-,10-/m1/s1. The summed E-state index contributed by atoms with van der Waals surface area (Å²) in [5, 5.41) is 0.885. The Morgan fingerprint density at radius 2 is 2.15 bits per heavy atom. The van der Waals surface area contributed by atoms with Crippen LogP contribution in [0.1, 0.15) is 24.8 Å². The number of hydrogen-bond donors (Lipinski definition) is 1. The lowest BCUT2D eigenvalue weighted by Crippen LogP contribution is -2.17. The highest BCUT2D eigenvalue weighted by Crippen LogP contribution is 2.50. The van der Waals surface area contributed by atoms with Crippen LogP contribution in [0.2, 0.25) is 5.02 Å². The van der Waals surface area contributed by atoms with E-state index < -0.39 is 0 Å². The van der Waals surface area contributed by atoms with Crippen molar-refractivity contribution in [2.24, 2.45) is 11.7 Å². The van der Waals surface area contributed by atoms with Gasteiger partial charge in [-0.3, -0.25) is 0 Å². The zero-order chi connectivity index (χ0) is 9.42. The first kappa shape index (κ1) is 9.04. The van der Waals surface area contributed by atoms with E-state index >= 15 is 0 Å². The molecule has 2 N–H and O–H groups in total. The topological polar surface area (TPSA) is 26.0 Å². The smallest absolute Gasteiger partial charge is 0.0440 e. The first-order chi connectivity index (χ1) is 6.20. The highest BCUT2D eigenvalue weighted by Gasteiger charge is 2.41. The van der Waals surface area contributed by atoms with Gasteiger partial charge in [0, 0.05) is 11.1 Å². The van der Waals surface area contributed by atoms with Crippen molar-refractivity contribution in [1.29, 1.82) is 0 Å². The lowest BCUT2D eigenvalue weighted by molar-refractivity contribution is 0.632. The van der Waals surface area contributed by atoms with Gasteiger partial charge in [-0.05, 0) is 36.8 Å². The largest absolute Gasteiger partial charge is 0.328 e. The van der Waals surface area contributed by atoms with Gasteiger partial charge in [0.2, 0.25) is 0 Å². The van der Waals surface area contributed by atoms with Crippen LogP contribution in [0.4, 0.5) is 0 Å². The Hall–Kier alpha value is -0.530. The van der Waals surface area contributed by atoms with Gasteiger partial charge in [0.15, 0.2) is 0 Å².